The van der Waals surface area contributed by atoms with Gasteiger partial charge in [0.25, 0.3) is 5.91 Å². The number of benzene rings is 2. The minimum Gasteiger partial charge on any atom is -0.508 e. The van der Waals surface area contributed by atoms with E-state index in [1.54, 1.807) is 30.3 Å². The summed E-state index contributed by atoms with van der Waals surface area (Å²) in [6.07, 6.45) is 0. The molecule has 2 aromatic carbocycles. The van der Waals surface area contributed by atoms with Crippen molar-refractivity contribution in [2.75, 3.05) is 5.32 Å². The van der Waals surface area contributed by atoms with Crippen molar-refractivity contribution in [3.05, 3.63) is 59.2 Å². The average Bonchev–Trinajstić information content (AvgIpc) is 2.48. The van der Waals surface area contributed by atoms with Crippen molar-refractivity contribution in [1.29, 1.82) is 0 Å². The Bertz CT molecular complexity index is 711. The molecule has 0 saturated carbocycles. The zero-order valence-electron chi connectivity index (χ0n) is 11.4. The van der Waals surface area contributed by atoms with Crippen LogP contribution in [0.25, 0.3) is 0 Å². The first-order valence-corrected chi connectivity index (χ1v) is 6.20. The Kier molecular flexibility index (Phi) is 4.08. The highest BCUT2D eigenvalue weighted by Crippen LogP contribution is 2.19. The van der Waals surface area contributed by atoms with Crippen LogP contribution >= 0.6 is 0 Å². The van der Waals surface area contributed by atoms with E-state index in [4.69, 9.17) is 10.9 Å². The second kappa shape index (κ2) is 5.96. The number of anilines is 1. The fourth-order valence-corrected chi connectivity index (χ4v) is 1.82. The molecule has 0 aliphatic rings. The molecule has 2 aromatic rings. The highest BCUT2D eigenvalue weighted by atomic mass is 16.4. The number of hydrogen-bond acceptors (Lipinski definition) is 4. The van der Waals surface area contributed by atoms with Crippen LogP contribution in [0.2, 0.25) is 0 Å². The van der Waals surface area contributed by atoms with E-state index >= 15 is 0 Å². The Morgan fingerprint density at radius 3 is 2.62 bits per heavy atom. The van der Waals surface area contributed by atoms with Gasteiger partial charge in [-0.15, -0.1) is 0 Å². The molecular weight excluding hydrogens is 270 g/mol. The van der Waals surface area contributed by atoms with Crippen LogP contribution in [0, 0.1) is 6.92 Å². The van der Waals surface area contributed by atoms with Crippen molar-refractivity contribution in [1.82, 2.24) is 0 Å². The maximum absolute atomic E-state index is 12.1. The molecule has 0 unspecified atom stereocenters. The molecule has 108 valence electrons. The van der Waals surface area contributed by atoms with Gasteiger partial charge in [-0.3, -0.25) is 4.79 Å². The third-order valence-electron chi connectivity index (χ3n) is 3.00. The Morgan fingerprint density at radius 2 is 1.95 bits per heavy atom. The standard InChI is InChI=1S/C15H15N3O3/c1-9-5-6-10(14(16)18-21)8-13(9)17-15(20)11-3-2-4-12(19)7-11/h2-8,19,21H,1H3,(H2,16,18)(H,17,20). The summed E-state index contributed by atoms with van der Waals surface area (Å²) in [5.41, 5.74) is 7.74. The van der Waals surface area contributed by atoms with Crippen molar-refractivity contribution in [2.24, 2.45) is 10.9 Å². The van der Waals surface area contributed by atoms with E-state index in [0.29, 0.717) is 16.8 Å². The predicted molar refractivity (Wildman–Crippen MR) is 79.7 cm³/mol. The lowest BCUT2D eigenvalue weighted by molar-refractivity contribution is 0.102. The molecule has 0 heterocycles. The fraction of sp³-hybridized carbons (Fsp3) is 0.0667. The fourth-order valence-electron chi connectivity index (χ4n) is 1.82. The molecule has 0 fully saturated rings. The third-order valence-corrected chi connectivity index (χ3v) is 3.00. The van der Waals surface area contributed by atoms with Gasteiger partial charge in [0, 0.05) is 16.8 Å². The van der Waals surface area contributed by atoms with E-state index in [1.165, 1.54) is 12.1 Å². The van der Waals surface area contributed by atoms with Gasteiger partial charge in [-0.05, 0) is 36.8 Å². The zero-order chi connectivity index (χ0) is 15.4. The first kappa shape index (κ1) is 14.4. The summed E-state index contributed by atoms with van der Waals surface area (Å²) in [7, 11) is 0. The number of amidine groups is 1. The monoisotopic (exact) mass is 285 g/mol. The van der Waals surface area contributed by atoms with E-state index in [2.05, 4.69) is 10.5 Å². The summed E-state index contributed by atoms with van der Waals surface area (Å²) >= 11 is 0. The summed E-state index contributed by atoms with van der Waals surface area (Å²) in [4.78, 5) is 12.1. The van der Waals surface area contributed by atoms with Crippen LogP contribution in [0.1, 0.15) is 21.5 Å². The largest absolute Gasteiger partial charge is 0.508 e. The van der Waals surface area contributed by atoms with E-state index < -0.39 is 0 Å². The molecule has 0 radical (unpaired) electrons. The average molecular weight is 285 g/mol. The second-order valence-corrected chi connectivity index (χ2v) is 4.52. The molecule has 5 N–H and O–H groups in total. The highest BCUT2D eigenvalue weighted by Gasteiger charge is 2.10. The number of nitrogens with one attached hydrogen (secondary N) is 1. The van der Waals surface area contributed by atoms with Crippen LogP contribution in [0.5, 0.6) is 5.75 Å². The summed E-state index contributed by atoms with van der Waals surface area (Å²) < 4.78 is 0. The van der Waals surface area contributed by atoms with E-state index in [1.807, 2.05) is 6.92 Å². The normalized spacial score (nSPS) is 11.2. The molecular formula is C15H15N3O3. The lowest BCUT2D eigenvalue weighted by atomic mass is 10.1. The number of nitrogens with zero attached hydrogens (tertiary/aromatic N) is 1. The maximum atomic E-state index is 12.1. The van der Waals surface area contributed by atoms with Gasteiger partial charge in [0.15, 0.2) is 5.84 Å². The van der Waals surface area contributed by atoms with Gasteiger partial charge in [-0.25, -0.2) is 0 Å². The van der Waals surface area contributed by atoms with Crippen LogP contribution in [0.15, 0.2) is 47.6 Å². The summed E-state index contributed by atoms with van der Waals surface area (Å²) in [5.74, 6) is -0.377. The lowest BCUT2D eigenvalue weighted by Gasteiger charge is -2.10. The Morgan fingerprint density at radius 1 is 1.19 bits per heavy atom. The number of phenols is 1. The molecule has 0 aliphatic carbocycles. The molecule has 0 aliphatic heterocycles. The summed E-state index contributed by atoms with van der Waals surface area (Å²) in [6, 6.07) is 11.1. The molecule has 0 atom stereocenters. The van der Waals surface area contributed by atoms with Gasteiger partial charge >= 0.3 is 0 Å². The maximum Gasteiger partial charge on any atom is 0.255 e. The molecule has 6 nitrogen and oxygen atoms in total. The van der Waals surface area contributed by atoms with E-state index in [0.717, 1.165) is 5.56 Å². The topological polar surface area (TPSA) is 108 Å². The highest BCUT2D eigenvalue weighted by molar-refractivity contribution is 6.06. The molecule has 1 amide bonds. The van der Waals surface area contributed by atoms with Crippen molar-refractivity contribution in [3.63, 3.8) is 0 Å². The summed E-state index contributed by atoms with van der Waals surface area (Å²) in [6.45, 7) is 1.83. The minimum absolute atomic E-state index is 0.0183. The number of carbonyl (C=O) groups is 1. The molecule has 0 bridgehead atoms. The molecule has 2 rings (SSSR count). The number of phenolic OH excluding ortho intramolecular Hbond substituents is 1. The number of aryl methyl sites for hydroxylation is 1. The van der Waals surface area contributed by atoms with Crippen LogP contribution in [-0.4, -0.2) is 22.1 Å². The van der Waals surface area contributed by atoms with E-state index in [9.17, 15) is 9.90 Å². The van der Waals surface area contributed by atoms with Crippen molar-refractivity contribution < 1.29 is 15.1 Å². The van der Waals surface area contributed by atoms with Crippen molar-refractivity contribution >= 4 is 17.4 Å². The molecule has 0 aromatic heterocycles. The van der Waals surface area contributed by atoms with Crippen molar-refractivity contribution in [2.45, 2.75) is 6.92 Å². The number of amides is 1. The SMILES string of the molecule is Cc1ccc(C(N)=NO)cc1NC(=O)c1cccc(O)c1. The van der Waals surface area contributed by atoms with Gasteiger partial charge in [-0.1, -0.05) is 23.4 Å². The van der Waals surface area contributed by atoms with Crippen LogP contribution < -0.4 is 11.1 Å². The number of rotatable bonds is 3. The smallest absolute Gasteiger partial charge is 0.255 e. The zero-order valence-corrected chi connectivity index (χ0v) is 11.4. The van der Waals surface area contributed by atoms with Crippen molar-refractivity contribution in [3.8, 4) is 5.75 Å². The molecule has 21 heavy (non-hydrogen) atoms. The third kappa shape index (κ3) is 3.30. The minimum atomic E-state index is -0.356. The van der Waals surface area contributed by atoms with Crippen LogP contribution in [-0.2, 0) is 0 Å². The number of aromatic hydroxyl groups is 1. The quantitative estimate of drug-likeness (QED) is 0.299. The van der Waals surface area contributed by atoms with Crippen LogP contribution in [0.4, 0.5) is 5.69 Å². The predicted octanol–water partition coefficient (Wildman–Crippen LogP) is 2.05. The lowest BCUT2D eigenvalue weighted by Crippen LogP contribution is -2.16. The second-order valence-electron chi connectivity index (χ2n) is 4.52. The first-order chi connectivity index (χ1) is 10.0. The van der Waals surface area contributed by atoms with Gasteiger partial charge < -0.3 is 21.4 Å². The van der Waals surface area contributed by atoms with Gasteiger partial charge in [0.1, 0.15) is 5.75 Å². The Hall–Kier alpha value is -3.02. The Labute approximate surface area is 121 Å². The number of nitrogens with two attached hydrogens (primary N) is 1. The number of oxime groups is 1. The summed E-state index contributed by atoms with van der Waals surface area (Å²) in [5, 5.41) is 23.7. The van der Waals surface area contributed by atoms with Gasteiger partial charge in [-0.2, -0.15) is 0 Å². The Balaban J connectivity index is 2.29. The van der Waals surface area contributed by atoms with E-state index in [-0.39, 0.29) is 17.5 Å². The molecule has 6 heteroatoms. The van der Waals surface area contributed by atoms with Gasteiger partial charge in [0.2, 0.25) is 0 Å². The molecule has 0 saturated heterocycles. The number of hydrogen-bond donors (Lipinski definition) is 4. The van der Waals surface area contributed by atoms with Crippen LogP contribution in [0.3, 0.4) is 0 Å². The number of carbonyl (C=O) groups excluding carboxylic acids is 1. The first-order valence-electron chi connectivity index (χ1n) is 6.20. The van der Waals surface area contributed by atoms with Gasteiger partial charge in [0.05, 0.1) is 0 Å². The molecule has 0 spiro atoms.